The molecule has 13 atom stereocenters. The second-order valence-corrected chi connectivity index (χ2v) is 26.9. The topological polar surface area (TPSA) is 110 Å². The highest BCUT2D eigenvalue weighted by atomic mass is 19.5. The highest BCUT2D eigenvalue weighted by Gasteiger charge is 2.88. The molecule has 102 heavy (non-hydrogen) atoms. The van der Waals surface area contributed by atoms with Crippen LogP contribution in [0.1, 0.15) is 97.8 Å². The van der Waals surface area contributed by atoms with E-state index in [0.29, 0.717) is 44.9 Å². The van der Waals surface area contributed by atoms with Crippen molar-refractivity contribution in [2.24, 2.45) is 65.1 Å². The molecule has 6 bridgehead atoms. The number of allylic oxidation sites excluding steroid dienone is 2. The number of rotatable bonds is 9. The second kappa shape index (κ2) is 27.9. The van der Waals surface area contributed by atoms with Crippen LogP contribution in [0.3, 0.4) is 0 Å². The molecule has 7 aliphatic carbocycles. The molecule has 6 saturated carbocycles. The van der Waals surface area contributed by atoms with Crippen LogP contribution in [0.2, 0.25) is 0 Å². The zero-order chi connectivity index (χ0) is 79.5. The number of methoxy groups -OCH3 is 2. The summed E-state index contributed by atoms with van der Waals surface area (Å²) < 4.78 is 491. The molecule has 0 amide bonds. The van der Waals surface area contributed by atoms with Gasteiger partial charge in [-0.05, 0) is 139 Å². The molecular weight excluding hydrogens is 1510 g/mol. The van der Waals surface area contributed by atoms with Crippen LogP contribution in [0.15, 0.2) is 36.5 Å². The quantitative estimate of drug-likeness (QED) is 0.104. The monoisotopic (exact) mass is 1570 g/mol. The lowest BCUT2D eigenvalue weighted by Crippen LogP contribution is -2.75. The molecule has 2 saturated heterocycles. The summed E-state index contributed by atoms with van der Waals surface area (Å²) in [5.41, 5.74) is -28.0. The first-order valence-corrected chi connectivity index (χ1v) is 29.7. The molecule has 45 heteroatoms. The number of aliphatic hydroxyl groups is 1. The standard InChI is InChI=1S/C18H17F15O4.C11H12F6O.2C10H10F6O.C8H11F3O2/c1-7(14(19,20)21)11(34)37-10-5-8(12(35-2,15(22,23)24)16(25,26)27)4-9(6-10)13(36-3,17(28,29)30)18(31,32)33;12-10(13,14)9(18,11(15,16)17)5-8-4-6-1-2-7(8)3-6;2*11-9(12,13)8(10(14,15)16)6-4-1-2-5(3-4)7(6)17-8;1-5(8(9,10)11)6(12)13-7(2,3)4/h8-10H,1,4-6H2,2-3H3;1-2,6-8,18H,3-5H2;2*4-7H,1-3H2;1H2,2-4H3. The molecule has 13 unspecified atom stereocenters. The largest absolute Gasteiger partial charge is 0.459 e. The Bertz CT molecular complexity index is 2790. The maximum absolute atomic E-state index is 13.7. The van der Waals surface area contributed by atoms with Gasteiger partial charge in [0, 0.05) is 37.9 Å². The molecule has 9 nitrogen and oxygen atoms in total. The van der Waals surface area contributed by atoms with E-state index in [1.807, 2.05) is 6.08 Å². The lowest BCUT2D eigenvalue weighted by Gasteiger charge is -2.56. The van der Waals surface area contributed by atoms with E-state index in [0.717, 1.165) is 0 Å². The normalized spacial score (nSPS) is 30.1. The molecule has 0 spiro atoms. The Morgan fingerprint density at radius 3 is 1.01 bits per heavy atom. The van der Waals surface area contributed by atoms with Crippen molar-refractivity contribution in [1.82, 2.24) is 0 Å². The van der Waals surface area contributed by atoms with Gasteiger partial charge in [-0.3, -0.25) is 0 Å². The van der Waals surface area contributed by atoms with E-state index in [-0.39, 0.29) is 44.3 Å². The van der Waals surface area contributed by atoms with Crippen molar-refractivity contribution >= 4 is 11.9 Å². The maximum Gasteiger partial charge on any atom is 0.426 e. The number of hydrogen-bond acceptors (Lipinski definition) is 9. The third kappa shape index (κ3) is 16.0. The first kappa shape index (κ1) is 88.1. The average molecular weight is 1570 g/mol. The van der Waals surface area contributed by atoms with Crippen LogP contribution in [-0.4, -0.2) is 157 Å². The van der Waals surface area contributed by atoms with E-state index in [1.165, 1.54) is 20.8 Å². The van der Waals surface area contributed by atoms with Crippen molar-refractivity contribution in [2.45, 2.75) is 224 Å². The lowest BCUT2D eigenvalue weighted by atomic mass is 9.65. The molecule has 0 aromatic heterocycles. The Morgan fingerprint density at radius 1 is 0.441 bits per heavy atom. The van der Waals surface area contributed by atoms with Crippen molar-refractivity contribution in [1.29, 1.82) is 0 Å². The van der Waals surface area contributed by atoms with E-state index in [4.69, 9.17) is 5.11 Å². The van der Waals surface area contributed by atoms with Crippen LogP contribution in [0.5, 0.6) is 0 Å². The fourth-order valence-corrected chi connectivity index (χ4v) is 15.5. The molecule has 0 aromatic carbocycles. The number of fused-ring (bicyclic) bond motifs is 12. The number of hydrogen-bond donors (Lipinski definition) is 1. The van der Waals surface area contributed by atoms with Gasteiger partial charge in [0.15, 0.2) is 0 Å². The van der Waals surface area contributed by atoms with E-state index in [1.54, 1.807) is 6.08 Å². The smallest absolute Gasteiger partial charge is 0.426 e. The lowest BCUT2D eigenvalue weighted by molar-refractivity contribution is -0.471. The van der Waals surface area contributed by atoms with Gasteiger partial charge in [0.05, 0.1) is 12.2 Å². The highest BCUT2D eigenvalue weighted by Crippen LogP contribution is 2.71. The fourth-order valence-electron chi connectivity index (χ4n) is 15.5. The Kier molecular flexibility index (Phi) is 24.1. The van der Waals surface area contributed by atoms with Gasteiger partial charge >= 0.3 is 86.1 Å². The molecule has 0 radical (unpaired) electrons. The van der Waals surface area contributed by atoms with Gasteiger partial charge in [0.2, 0.25) is 0 Å². The summed E-state index contributed by atoms with van der Waals surface area (Å²) in [5.74, 6) is -15.7. The fraction of sp³-hybridized carbons (Fsp3) is 0.860. The summed E-state index contributed by atoms with van der Waals surface area (Å²) in [5, 5.41) is 9.10. The molecule has 9 rings (SSSR count). The van der Waals surface area contributed by atoms with Gasteiger partial charge in [0.25, 0.3) is 28.0 Å². The Hall–Kier alpha value is -4.56. The van der Waals surface area contributed by atoms with Gasteiger partial charge in [0.1, 0.15) is 22.9 Å². The summed E-state index contributed by atoms with van der Waals surface area (Å²) in [6, 6.07) is 0. The minimum Gasteiger partial charge on any atom is -0.459 e. The molecule has 2 aliphatic heterocycles. The number of carbonyl (C=O) groups excluding carboxylic acids is 2. The third-order valence-corrected chi connectivity index (χ3v) is 19.9. The molecule has 8 fully saturated rings. The zero-order valence-electron chi connectivity index (χ0n) is 52.5. The van der Waals surface area contributed by atoms with E-state index < -0.39 is 216 Å². The molecule has 1 N–H and O–H groups in total. The number of ether oxygens (including phenoxy) is 6. The summed E-state index contributed by atoms with van der Waals surface area (Å²) in [6.45, 7) is 9.30. The van der Waals surface area contributed by atoms with Crippen LogP contribution in [0.4, 0.5) is 158 Å². The van der Waals surface area contributed by atoms with E-state index in [2.05, 4.69) is 41.6 Å². The van der Waals surface area contributed by atoms with Gasteiger partial charge in [-0.15, -0.1) is 0 Å². The minimum absolute atomic E-state index is 0.0608. The van der Waals surface area contributed by atoms with E-state index >= 15 is 0 Å². The van der Waals surface area contributed by atoms with Crippen molar-refractivity contribution in [2.75, 3.05) is 14.2 Å². The summed E-state index contributed by atoms with van der Waals surface area (Å²) >= 11 is 0. The third-order valence-electron chi connectivity index (χ3n) is 19.9. The molecule has 0 aromatic rings. The van der Waals surface area contributed by atoms with Crippen LogP contribution in [0.25, 0.3) is 0 Å². The number of esters is 2. The predicted molar refractivity (Wildman–Crippen MR) is 269 cm³/mol. The van der Waals surface area contributed by atoms with E-state index in [9.17, 15) is 168 Å². The van der Waals surface area contributed by atoms with Crippen LogP contribution >= 0.6 is 0 Å². The Labute approximate surface area is 552 Å². The summed E-state index contributed by atoms with van der Waals surface area (Å²) in [6.07, 6.45) is -73.1. The second-order valence-electron chi connectivity index (χ2n) is 26.9. The SMILES string of the molecule is C=C(C(=O)OC(C)(C)C)C(F)(F)F.C=C(C(=O)OC1CC(C(OC)(C(F)(F)F)C(F)(F)F)CC(C(OC)(C(F)(F)F)C(F)(F)F)C1)C(F)(F)F.FC(F)(F)C1(C(F)(F)F)OC2C3CCC(C3)C21.FC(F)(F)C1(C(F)(F)F)OC2C3CCC(C3)C21.OC(CC1CC2C=CC1C2)(C(F)(F)F)C(F)(F)F. The number of carbonyl (C=O) groups is 2. The van der Waals surface area contributed by atoms with Crippen molar-refractivity contribution in [3.8, 4) is 0 Å². The van der Waals surface area contributed by atoms with Gasteiger partial charge in [-0.2, -0.15) is 158 Å². The molecule has 2 heterocycles. The van der Waals surface area contributed by atoms with Crippen molar-refractivity contribution in [3.63, 3.8) is 0 Å². The average Bonchev–Trinajstić information content (AvgIpc) is 1.45. The first-order chi connectivity index (χ1) is 45.2. The van der Waals surface area contributed by atoms with Crippen molar-refractivity contribution in [3.05, 3.63) is 36.5 Å². The van der Waals surface area contributed by atoms with Gasteiger partial charge < -0.3 is 33.5 Å². The molecule has 594 valence electrons. The van der Waals surface area contributed by atoms with Crippen molar-refractivity contribution < 1.29 is 201 Å². The zero-order valence-corrected chi connectivity index (χ0v) is 52.5. The van der Waals surface area contributed by atoms with Crippen LogP contribution in [0, 0.1) is 65.1 Å². The Morgan fingerprint density at radius 2 is 0.765 bits per heavy atom. The molecular formula is C57H60F36O9. The first-order valence-electron chi connectivity index (χ1n) is 29.7. The van der Waals surface area contributed by atoms with Gasteiger partial charge in [-0.25, -0.2) is 9.59 Å². The van der Waals surface area contributed by atoms with Crippen LogP contribution in [-0.2, 0) is 38.0 Å². The predicted octanol–water partition coefficient (Wildman–Crippen LogP) is 18.9. The summed E-state index contributed by atoms with van der Waals surface area (Å²) in [4.78, 5) is 22.5. The highest BCUT2D eigenvalue weighted by molar-refractivity contribution is 5.89. The maximum atomic E-state index is 13.7. The summed E-state index contributed by atoms with van der Waals surface area (Å²) in [7, 11) is -0.345. The minimum atomic E-state index is -6.51. The number of alkyl halides is 36. The van der Waals surface area contributed by atoms with Gasteiger partial charge in [-0.1, -0.05) is 25.3 Å². The Balaban J connectivity index is 0.000000243. The number of halogens is 36. The molecule has 9 aliphatic rings. The van der Waals surface area contributed by atoms with Crippen LogP contribution < -0.4 is 0 Å².